The quantitative estimate of drug-likeness (QED) is 0.188. The number of hydrogen-bond donors (Lipinski definition) is 5. The van der Waals surface area contributed by atoms with Crippen molar-refractivity contribution < 1.29 is 24.5 Å². The molecule has 0 saturated carbocycles. The molecule has 5 N–H and O–H groups in total. The normalized spacial score (nSPS) is 22.0. The van der Waals surface area contributed by atoms with Gasteiger partial charge in [-0.25, -0.2) is 4.79 Å². The first-order chi connectivity index (χ1) is 22.8. The molecule has 2 atom stereocenters. The molecule has 4 aromatic rings. The Morgan fingerprint density at radius 1 is 0.979 bits per heavy atom. The third-order valence-electron chi connectivity index (χ3n) is 9.86. The van der Waals surface area contributed by atoms with Gasteiger partial charge in [-0.1, -0.05) is 48.5 Å². The molecule has 244 valence electrons. The highest BCUT2D eigenvalue weighted by atomic mass is 16.6. The van der Waals surface area contributed by atoms with Crippen LogP contribution in [0.4, 0.5) is 4.79 Å². The number of fused-ring (bicyclic) bond motifs is 4. The fraction of sp³-hybridized carbons (Fsp3) is 0.361. The Labute approximate surface area is 272 Å². The van der Waals surface area contributed by atoms with Gasteiger partial charge in [0.1, 0.15) is 17.4 Å². The fourth-order valence-corrected chi connectivity index (χ4v) is 7.21. The van der Waals surface area contributed by atoms with Gasteiger partial charge in [-0.3, -0.25) is 14.5 Å². The molecule has 47 heavy (non-hydrogen) atoms. The summed E-state index contributed by atoms with van der Waals surface area (Å²) in [6.45, 7) is 4.31. The summed E-state index contributed by atoms with van der Waals surface area (Å²) in [5.41, 5.74) is 2.25. The molecular formula is C36H39N5O6. The molecule has 4 fully saturated rings. The second-order valence-electron chi connectivity index (χ2n) is 12.9. The molecule has 11 heteroatoms. The Morgan fingerprint density at radius 2 is 1.72 bits per heavy atom. The third-order valence-corrected chi connectivity index (χ3v) is 9.86. The number of likely N-dealkylation sites (tertiary alicyclic amines) is 1. The predicted octanol–water partition coefficient (Wildman–Crippen LogP) is 3.23. The molecule has 3 aromatic carbocycles. The Bertz CT molecular complexity index is 1810. The van der Waals surface area contributed by atoms with Crippen LogP contribution in [0.15, 0.2) is 83.7 Å². The minimum absolute atomic E-state index is 0.0568. The number of rotatable bonds is 9. The average molecular weight is 638 g/mol. The molecule has 4 saturated heterocycles. The van der Waals surface area contributed by atoms with Crippen molar-refractivity contribution in [1.82, 2.24) is 25.4 Å². The second kappa shape index (κ2) is 12.8. The summed E-state index contributed by atoms with van der Waals surface area (Å²) in [7, 11) is 0. The molecule has 1 aromatic heterocycles. The zero-order valence-electron chi connectivity index (χ0n) is 26.0. The first kappa shape index (κ1) is 30.9. The Balaban J connectivity index is 0.946. The molecule has 2 bridgehead atoms. The number of aromatic amines is 1. The van der Waals surface area contributed by atoms with Gasteiger partial charge >= 0.3 is 6.09 Å². The van der Waals surface area contributed by atoms with Crippen molar-refractivity contribution in [3.05, 3.63) is 111 Å². The summed E-state index contributed by atoms with van der Waals surface area (Å²) >= 11 is 0. The lowest BCUT2D eigenvalue weighted by Crippen LogP contribution is -2.69. The lowest BCUT2D eigenvalue weighted by Gasteiger charge is -2.51. The molecule has 11 nitrogen and oxygen atoms in total. The maximum atomic E-state index is 13.4. The van der Waals surface area contributed by atoms with Gasteiger partial charge in [0.2, 0.25) is 5.56 Å². The molecule has 8 rings (SSSR count). The molecule has 5 heterocycles. The number of nitrogens with zero attached hydrogens (tertiary/aromatic N) is 2. The highest BCUT2D eigenvalue weighted by molar-refractivity contribution is 5.95. The van der Waals surface area contributed by atoms with Crippen LogP contribution in [0.2, 0.25) is 0 Å². The number of carbonyl (C=O) groups is 2. The zero-order chi connectivity index (χ0) is 32.5. The van der Waals surface area contributed by atoms with E-state index in [1.165, 1.54) is 12.1 Å². The molecule has 0 unspecified atom stereocenters. The van der Waals surface area contributed by atoms with Crippen LogP contribution >= 0.6 is 0 Å². The fourth-order valence-electron chi connectivity index (χ4n) is 7.21. The number of aromatic hydroxyl groups is 1. The highest BCUT2D eigenvalue weighted by Crippen LogP contribution is 2.35. The summed E-state index contributed by atoms with van der Waals surface area (Å²) < 4.78 is 5.93. The van der Waals surface area contributed by atoms with Crippen molar-refractivity contribution in [2.75, 3.05) is 39.3 Å². The van der Waals surface area contributed by atoms with Crippen molar-refractivity contribution in [3.63, 3.8) is 0 Å². The summed E-state index contributed by atoms with van der Waals surface area (Å²) in [6.07, 6.45) is 0.709. The number of piperidine rings is 3. The number of hydrogen-bond acceptors (Lipinski definition) is 8. The topological polar surface area (TPSA) is 147 Å². The molecule has 4 aliphatic rings. The van der Waals surface area contributed by atoms with Gasteiger partial charge in [-0.2, -0.15) is 0 Å². The number of nitrogens with one attached hydrogen (secondary N) is 3. The van der Waals surface area contributed by atoms with Gasteiger partial charge in [-0.15, -0.1) is 0 Å². The summed E-state index contributed by atoms with van der Waals surface area (Å²) in [5, 5.41) is 27.9. The summed E-state index contributed by atoms with van der Waals surface area (Å²) in [4.78, 5) is 45.0. The van der Waals surface area contributed by atoms with Crippen molar-refractivity contribution in [2.45, 2.75) is 37.1 Å². The van der Waals surface area contributed by atoms with Crippen LogP contribution in [0.3, 0.4) is 0 Å². The van der Waals surface area contributed by atoms with E-state index in [4.69, 9.17) is 4.74 Å². The lowest BCUT2D eigenvalue weighted by molar-refractivity contribution is -0.0404. The number of ether oxygens (including phenoxy) is 1. The monoisotopic (exact) mass is 637 g/mol. The van der Waals surface area contributed by atoms with Crippen LogP contribution < -0.4 is 16.2 Å². The maximum absolute atomic E-state index is 13.4. The number of alkyl carbamates (subject to hydrolysis) is 1. The van der Waals surface area contributed by atoms with E-state index in [0.717, 1.165) is 43.6 Å². The van der Waals surface area contributed by atoms with E-state index in [2.05, 4.69) is 20.5 Å². The summed E-state index contributed by atoms with van der Waals surface area (Å²) in [5.74, 6) is 0.239. The Kier molecular flexibility index (Phi) is 8.44. The molecular weight excluding hydrogens is 598 g/mol. The van der Waals surface area contributed by atoms with E-state index in [1.807, 2.05) is 42.5 Å². The molecule has 0 aliphatic carbocycles. The van der Waals surface area contributed by atoms with Crippen LogP contribution in [0.5, 0.6) is 5.75 Å². The van der Waals surface area contributed by atoms with Crippen molar-refractivity contribution in [3.8, 4) is 5.75 Å². The first-order valence-corrected chi connectivity index (χ1v) is 16.2. The minimum Gasteiger partial charge on any atom is -0.506 e. The van der Waals surface area contributed by atoms with Crippen molar-refractivity contribution >= 4 is 22.9 Å². The molecule has 0 spiro atoms. The Hall–Kier alpha value is -4.71. The lowest BCUT2D eigenvalue weighted by atomic mass is 9.82. The van der Waals surface area contributed by atoms with Crippen molar-refractivity contribution in [1.29, 1.82) is 0 Å². The molecule has 4 aliphatic heterocycles. The largest absolute Gasteiger partial charge is 0.506 e. The number of phenols is 1. The number of aliphatic hydroxyl groups is 1. The number of amides is 2. The van der Waals surface area contributed by atoms with Gasteiger partial charge in [0.15, 0.2) is 0 Å². The number of aromatic nitrogens is 1. The van der Waals surface area contributed by atoms with E-state index in [9.17, 15) is 24.6 Å². The number of phenolic OH excluding ortho intramolecular Hbond substituents is 1. The highest BCUT2D eigenvalue weighted by Gasteiger charge is 2.49. The van der Waals surface area contributed by atoms with Gasteiger partial charge in [0.05, 0.1) is 24.7 Å². The average Bonchev–Trinajstić information content (AvgIpc) is 3.07. The standard InChI is InChI=1S/C36H39N5O6/c42-29-12-10-27(28-11-13-32(44)38-33(28)29)30(43)19-37-18-23-6-8-25(9-7-23)34(45)41-21-36(22-41,26-4-2-1-3-5-26)39-35(46)47-31-20-40-16-14-24(31)15-17-40/h1-13,24,30-31,37,42-43H,14-22H2,(H,38,44)(H,39,46)/t30-,31-/m0/s1. The van der Waals surface area contributed by atoms with Crippen LogP contribution in [0, 0.1) is 5.92 Å². The third kappa shape index (κ3) is 6.34. The number of benzene rings is 3. The SMILES string of the molecule is O=C(NC1(c2ccccc2)CN(C(=O)c2ccc(CNC[C@H](O)c3ccc(O)c4[nH]c(=O)ccc34)cc2)C1)O[C@H]1CN2CCC1CC2. The van der Waals surface area contributed by atoms with E-state index >= 15 is 0 Å². The van der Waals surface area contributed by atoms with Gasteiger partial charge in [0.25, 0.3) is 5.91 Å². The number of H-pyrrole nitrogens is 1. The minimum atomic E-state index is -0.873. The number of pyridine rings is 1. The second-order valence-corrected chi connectivity index (χ2v) is 12.9. The Morgan fingerprint density at radius 3 is 2.43 bits per heavy atom. The van der Waals surface area contributed by atoms with Crippen LogP contribution in [-0.2, 0) is 16.8 Å². The van der Waals surface area contributed by atoms with Crippen LogP contribution in [-0.4, -0.2) is 82.4 Å². The van der Waals surface area contributed by atoms with E-state index < -0.39 is 17.7 Å². The van der Waals surface area contributed by atoms with E-state index in [0.29, 0.717) is 42.1 Å². The van der Waals surface area contributed by atoms with Crippen LogP contribution in [0.25, 0.3) is 10.9 Å². The molecule has 0 radical (unpaired) electrons. The van der Waals surface area contributed by atoms with Gasteiger partial charge in [-0.05, 0) is 72.8 Å². The van der Waals surface area contributed by atoms with E-state index in [1.54, 1.807) is 29.2 Å². The summed E-state index contributed by atoms with van der Waals surface area (Å²) in [6, 6.07) is 23.1. The van der Waals surface area contributed by atoms with Crippen molar-refractivity contribution in [2.24, 2.45) is 5.92 Å². The number of aliphatic hydroxyl groups excluding tert-OH is 1. The van der Waals surface area contributed by atoms with Gasteiger partial charge < -0.3 is 35.5 Å². The number of carbonyl (C=O) groups excluding carboxylic acids is 2. The zero-order valence-corrected chi connectivity index (χ0v) is 26.0. The predicted molar refractivity (Wildman–Crippen MR) is 176 cm³/mol. The molecule has 2 amide bonds. The first-order valence-electron chi connectivity index (χ1n) is 16.2. The smallest absolute Gasteiger partial charge is 0.408 e. The maximum Gasteiger partial charge on any atom is 0.408 e. The van der Waals surface area contributed by atoms with E-state index in [-0.39, 0.29) is 35.4 Å². The van der Waals surface area contributed by atoms with Crippen LogP contribution in [0.1, 0.15) is 46.0 Å². The van der Waals surface area contributed by atoms with Gasteiger partial charge in [0, 0.05) is 36.7 Å².